The molecule has 124 valence electrons. The van der Waals surface area contributed by atoms with Crippen LogP contribution in [-0.2, 0) is 12.7 Å². The Morgan fingerprint density at radius 1 is 1.48 bits per heavy atom. The summed E-state index contributed by atoms with van der Waals surface area (Å²) in [6.07, 6.45) is -2.74. The lowest BCUT2D eigenvalue weighted by atomic mass is 10.2. The van der Waals surface area contributed by atoms with Crippen LogP contribution in [0.5, 0.6) is 0 Å². The first-order valence-corrected chi connectivity index (χ1v) is 7.04. The minimum absolute atomic E-state index is 0.0200. The smallest absolute Gasteiger partial charge is 0.337 e. The molecular formula is C12H11ClF3N5O2. The van der Waals surface area contributed by atoms with E-state index in [1.54, 1.807) is 0 Å². The molecule has 2 aromatic rings. The van der Waals surface area contributed by atoms with Crippen molar-refractivity contribution >= 4 is 17.5 Å². The highest BCUT2D eigenvalue weighted by atomic mass is 35.5. The fourth-order valence-electron chi connectivity index (χ4n) is 2.02. The van der Waals surface area contributed by atoms with Gasteiger partial charge in [-0.05, 0) is 12.8 Å². The van der Waals surface area contributed by atoms with Gasteiger partial charge in [0.25, 0.3) is 11.7 Å². The van der Waals surface area contributed by atoms with E-state index in [-0.39, 0.29) is 29.1 Å². The van der Waals surface area contributed by atoms with Crippen molar-refractivity contribution in [3.8, 4) is 0 Å². The maximum Gasteiger partial charge on any atom is 0.455 e. The van der Waals surface area contributed by atoms with Gasteiger partial charge in [-0.1, -0.05) is 16.8 Å². The van der Waals surface area contributed by atoms with Crippen LogP contribution in [0.2, 0.25) is 5.02 Å². The molecule has 0 atom stereocenters. The van der Waals surface area contributed by atoms with Gasteiger partial charge in [-0.3, -0.25) is 9.89 Å². The Morgan fingerprint density at radius 2 is 2.17 bits per heavy atom. The molecule has 2 heterocycles. The average molecular weight is 350 g/mol. The summed E-state index contributed by atoms with van der Waals surface area (Å²) in [4.78, 5) is 16.6. The van der Waals surface area contributed by atoms with Crippen molar-refractivity contribution in [1.29, 1.82) is 0 Å². The monoisotopic (exact) mass is 349 g/mol. The zero-order valence-electron chi connectivity index (χ0n) is 11.8. The van der Waals surface area contributed by atoms with Crippen LogP contribution in [0.1, 0.15) is 46.7 Å². The number of aromatic amines is 1. The van der Waals surface area contributed by atoms with Crippen LogP contribution in [0.15, 0.2) is 4.52 Å². The third-order valence-corrected chi connectivity index (χ3v) is 3.74. The third-order valence-electron chi connectivity index (χ3n) is 3.36. The maximum absolute atomic E-state index is 12.4. The molecule has 2 aromatic heterocycles. The van der Waals surface area contributed by atoms with Gasteiger partial charge in [-0.15, -0.1) is 0 Å². The number of carbonyl (C=O) groups excluding carboxylic acids is 1. The first-order chi connectivity index (χ1) is 10.8. The number of halogens is 4. The fraction of sp³-hybridized carbons (Fsp3) is 0.500. The molecule has 23 heavy (non-hydrogen) atoms. The van der Waals surface area contributed by atoms with Crippen molar-refractivity contribution in [3.63, 3.8) is 0 Å². The molecule has 1 amide bonds. The van der Waals surface area contributed by atoms with E-state index in [1.807, 2.05) is 0 Å². The second-order valence-corrected chi connectivity index (χ2v) is 5.62. The highest BCUT2D eigenvalue weighted by Crippen LogP contribution is 2.42. The van der Waals surface area contributed by atoms with Crippen LogP contribution in [0.4, 0.5) is 13.2 Å². The van der Waals surface area contributed by atoms with Crippen molar-refractivity contribution in [1.82, 2.24) is 25.2 Å². The summed E-state index contributed by atoms with van der Waals surface area (Å²) in [7, 11) is 1.38. The molecule has 3 rings (SSSR count). The Labute approximate surface area is 132 Å². The Kier molecular flexibility index (Phi) is 3.78. The molecular weight excluding hydrogens is 339 g/mol. The lowest BCUT2D eigenvalue weighted by Gasteiger charge is -2.13. The maximum atomic E-state index is 12.4. The van der Waals surface area contributed by atoms with Crippen LogP contribution in [-0.4, -0.2) is 38.2 Å². The van der Waals surface area contributed by atoms with Crippen LogP contribution in [0, 0.1) is 0 Å². The van der Waals surface area contributed by atoms with Gasteiger partial charge in [0.2, 0.25) is 5.89 Å². The van der Waals surface area contributed by atoms with Gasteiger partial charge in [-0.25, -0.2) is 0 Å². The summed E-state index contributed by atoms with van der Waals surface area (Å²) in [5, 5.41) is 9.69. The third kappa shape index (κ3) is 3.16. The van der Waals surface area contributed by atoms with Crippen molar-refractivity contribution in [2.75, 3.05) is 7.05 Å². The zero-order chi connectivity index (χ0) is 16.8. The average Bonchev–Trinajstić information content (AvgIpc) is 3.06. The largest absolute Gasteiger partial charge is 0.455 e. The normalized spacial score (nSPS) is 15.0. The number of carbonyl (C=O) groups is 1. The summed E-state index contributed by atoms with van der Waals surface area (Å²) >= 11 is 6.12. The van der Waals surface area contributed by atoms with Gasteiger partial charge in [0.05, 0.1) is 10.7 Å². The molecule has 1 N–H and O–H groups in total. The summed E-state index contributed by atoms with van der Waals surface area (Å²) in [6, 6.07) is 0. The van der Waals surface area contributed by atoms with E-state index in [0.29, 0.717) is 5.69 Å². The Morgan fingerprint density at radius 3 is 2.74 bits per heavy atom. The van der Waals surface area contributed by atoms with Crippen molar-refractivity contribution in [2.24, 2.45) is 0 Å². The molecule has 7 nitrogen and oxygen atoms in total. The molecule has 0 aromatic carbocycles. The van der Waals surface area contributed by atoms with E-state index in [2.05, 4.69) is 24.9 Å². The number of hydrogen-bond acceptors (Lipinski definition) is 5. The molecule has 1 aliphatic rings. The Balaban J connectivity index is 1.71. The van der Waals surface area contributed by atoms with E-state index in [1.165, 1.54) is 7.05 Å². The van der Waals surface area contributed by atoms with Crippen molar-refractivity contribution in [2.45, 2.75) is 31.5 Å². The summed E-state index contributed by atoms with van der Waals surface area (Å²) in [5.74, 6) is -1.98. The second kappa shape index (κ2) is 5.52. The van der Waals surface area contributed by atoms with E-state index < -0.39 is 17.9 Å². The van der Waals surface area contributed by atoms with Crippen molar-refractivity contribution < 1.29 is 22.5 Å². The standard InChI is InChI=1S/C12H11ClF3N5O2/c1-21(4-6-17-11(20-23-6)12(14,15)16)10(22)9-7(13)8(18-19-9)5-2-3-5/h5H,2-4H2,1H3,(H,18,19). The molecule has 1 fully saturated rings. The number of hydrogen-bond donors (Lipinski definition) is 1. The van der Waals surface area contributed by atoms with Gasteiger partial charge in [0.1, 0.15) is 6.54 Å². The first-order valence-electron chi connectivity index (χ1n) is 6.66. The van der Waals surface area contributed by atoms with Gasteiger partial charge >= 0.3 is 6.18 Å². The molecule has 1 aliphatic carbocycles. The molecule has 0 spiro atoms. The molecule has 0 unspecified atom stereocenters. The quantitative estimate of drug-likeness (QED) is 0.916. The topological polar surface area (TPSA) is 87.9 Å². The van der Waals surface area contributed by atoms with Gasteiger partial charge in [0, 0.05) is 13.0 Å². The van der Waals surface area contributed by atoms with Gasteiger partial charge in [-0.2, -0.15) is 23.3 Å². The number of H-pyrrole nitrogens is 1. The fourth-order valence-corrected chi connectivity index (χ4v) is 2.34. The van der Waals surface area contributed by atoms with Crippen molar-refractivity contribution in [3.05, 3.63) is 28.1 Å². The lowest BCUT2D eigenvalue weighted by molar-refractivity contribution is -0.146. The molecule has 0 bridgehead atoms. The van der Waals surface area contributed by atoms with Crippen LogP contribution in [0.3, 0.4) is 0 Å². The SMILES string of the molecule is CN(Cc1nc(C(F)(F)F)no1)C(=O)c1n[nH]c(C2CC2)c1Cl. The molecule has 0 aliphatic heterocycles. The highest BCUT2D eigenvalue weighted by molar-refractivity contribution is 6.34. The van der Waals surface area contributed by atoms with Crippen LogP contribution >= 0.6 is 11.6 Å². The van der Waals surface area contributed by atoms with Crippen LogP contribution < -0.4 is 0 Å². The second-order valence-electron chi connectivity index (χ2n) is 5.24. The highest BCUT2D eigenvalue weighted by Gasteiger charge is 2.37. The predicted molar refractivity (Wildman–Crippen MR) is 70.7 cm³/mol. The van der Waals surface area contributed by atoms with E-state index in [4.69, 9.17) is 11.6 Å². The summed E-state index contributed by atoms with van der Waals surface area (Å²) in [5.41, 5.74) is 0.729. The number of aromatic nitrogens is 4. The van der Waals surface area contributed by atoms with E-state index in [0.717, 1.165) is 17.7 Å². The molecule has 11 heteroatoms. The number of nitrogens with one attached hydrogen (secondary N) is 1. The molecule has 0 saturated heterocycles. The Bertz CT molecular complexity index is 737. The number of alkyl halides is 3. The predicted octanol–water partition coefficient (Wildman–Crippen LogP) is 2.61. The van der Waals surface area contributed by atoms with Crippen LogP contribution in [0.25, 0.3) is 0 Å². The van der Waals surface area contributed by atoms with Gasteiger partial charge in [0.15, 0.2) is 5.69 Å². The number of nitrogens with zero attached hydrogens (tertiary/aromatic N) is 4. The number of rotatable bonds is 4. The van der Waals surface area contributed by atoms with E-state index >= 15 is 0 Å². The van der Waals surface area contributed by atoms with Gasteiger partial charge < -0.3 is 9.42 Å². The minimum atomic E-state index is -4.70. The first kappa shape index (κ1) is 15.8. The minimum Gasteiger partial charge on any atom is -0.337 e. The zero-order valence-corrected chi connectivity index (χ0v) is 12.6. The Hall–Kier alpha value is -2.10. The molecule has 0 radical (unpaired) electrons. The summed E-state index contributed by atoms with van der Waals surface area (Å²) in [6.45, 7) is -0.288. The van der Waals surface area contributed by atoms with E-state index in [9.17, 15) is 18.0 Å². The number of amides is 1. The lowest BCUT2D eigenvalue weighted by Crippen LogP contribution is -2.27. The summed E-state index contributed by atoms with van der Waals surface area (Å²) < 4.78 is 41.7. The molecule has 1 saturated carbocycles.